The number of hydrogen-bond donors (Lipinski definition) is 1. The fourth-order valence-electron chi connectivity index (χ4n) is 4.61. The number of aliphatic hydroxyl groups is 1. The van der Waals surface area contributed by atoms with E-state index in [9.17, 15) is 14.7 Å². The van der Waals surface area contributed by atoms with Gasteiger partial charge in [0, 0.05) is 17.9 Å². The molecule has 2 bridgehead atoms. The second-order valence-electron chi connectivity index (χ2n) is 7.15. The summed E-state index contributed by atoms with van der Waals surface area (Å²) in [6.07, 6.45) is 3.40. The summed E-state index contributed by atoms with van der Waals surface area (Å²) >= 11 is 0. The van der Waals surface area contributed by atoms with E-state index in [0.717, 1.165) is 25.7 Å². The quantitative estimate of drug-likeness (QED) is 0.786. The molecule has 1 aliphatic carbocycles. The Morgan fingerprint density at radius 1 is 1.50 bits per heavy atom. The number of carbonyl (C=O) groups excluding carboxylic acids is 2. The van der Waals surface area contributed by atoms with Gasteiger partial charge < -0.3 is 14.8 Å². The highest BCUT2D eigenvalue weighted by Gasteiger charge is 2.60. The van der Waals surface area contributed by atoms with Crippen molar-refractivity contribution in [1.82, 2.24) is 4.90 Å². The summed E-state index contributed by atoms with van der Waals surface area (Å²) in [5, 5.41) is 10.6. The van der Waals surface area contributed by atoms with Crippen molar-refractivity contribution in [3.63, 3.8) is 0 Å². The number of fused-ring (bicyclic) bond motifs is 2. The van der Waals surface area contributed by atoms with Crippen LogP contribution < -0.4 is 0 Å². The first kappa shape index (κ1) is 15.5. The van der Waals surface area contributed by atoms with Crippen LogP contribution in [0.5, 0.6) is 0 Å². The van der Waals surface area contributed by atoms with Crippen LogP contribution in [-0.2, 0) is 9.59 Å². The maximum atomic E-state index is 11.4. The van der Waals surface area contributed by atoms with Crippen LogP contribution in [0.4, 0.5) is 0 Å². The van der Waals surface area contributed by atoms with E-state index in [2.05, 4.69) is 20.8 Å². The Labute approximate surface area is 121 Å². The molecule has 20 heavy (non-hydrogen) atoms. The van der Waals surface area contributed by atoms with Crippen LogP contribution in [0.2, 0.25) is 0 Å². The lowest BCUT2D eigenvalue weighted by Crippen LogP contribution is -2.48. The van der Waals surface area contributed by atoms with Crippen LogP contribution in [0.25, 0.3) is 0 Å². The predicted molar refractivity (Wildman–Crippen MR) is 76.8 cm³/mol. The number of nitrogens with zero attached hydrogens (tertiary/aromatic N) is 1. The zero-order chi connectivity index (χ0) is 15.1. The van der Waals surface area contributed by atoms with Crippen molar-refractivity contribution in [2.75, 3.05) is 0 Å². The topological polar surface area (TPSA) is 57.6 Å². The predicted octanol–water partition coefficient (Wildman–Crippen LogP) is 2.20. The zero-order valence-corrected chi connectivity index (χ0v) is 13.0. The van der Waals surface area contributed by atoms with Gasteiger partial charge in [-0.15, -0.1) is 0 Å². The number of likely N-dealkylation sites (tertiary alicyclic amines) is 1. The SMILES string of the molecule is CC(=O)CC[C@H]1[C@@H]2[C@@H](C(C)C)CC[C@@]1(C)N(C=O)[C@@H]2O. The van der Waals surface area contributed by atoms with Crippen molar-refractivity contribution < 1.29 is 14.7 Å². The Balaban J connectivity index is 2.31. The number of hydrogen-bond acceptors (Lipinski definition) is 3. The molecule has 4 heteroatoms. The van der Waals surface area contributed by atoms with Crippen molar-refractivity contribution in [2.24, 2.45) is 23.7 Å². The maximum Gasteiger partial charge on any atom is 0.212 e. The van der Waals surface area contributed by atoms with Gasteiger partial charge in [0.15, 0.2) is 0 Å². The third-order valence-corrected chi connectivity index (χ3v) is 5.74. The first-order valence-electron chi connectivity index (χ1n) is 7.74. The molecule has 1 heterocycles. The number of rotatable bonds is 5. The van der Waals surface area contributed by atoms with E-state index in [-0.39, 0.29) is 23.2 Å². The van der Waals surface area contributed by atoms with Gasteiger partial charge in [0.05, 0.1) is 0 Å². The molecule has 2 rings (SSSR count). The summed E-state index contributed by atoms with van der Waals surface area (Å²) in [7, 11) is 0. The van der Waals surface area contributed by atoms with Gasteiger partial charge in [-0.3, -0.25) is 4.79 Å². The fourth-order valence-corrected chi connectivity index (χ4v) is 4.61. The minimum atomic E-state index is -0.690. The van der Waals surface area contributed by atoms with Crippen molar-refractivity contribution >= 4 is 12.2 Å². The smallest absolute Gasteiger partial charge is 0.212 e. The molecule has 0 unspecified atom stereocenters. The molecule has 0 spiro atoms. The van der Waals surface area contributed by atoms with Crippen LogP contribution in [0.15, 0.2) is 0 Å². The maximum absolute atomic E-state index is 11.4. The molecule has 4 nitrogen and oxygen atoms in total. The molecule has 1 saturated carbocycles. The van der Waals surface area contributed by atoms with Crippen molar-refractivity contribution in [3.05, 3.63) is 0 Å². The van der Waals surface area contributed by atoms with Gasteiger partial charge in [0.25, 0.3) is 0 Å². The highest BCUT2D eigenvalue weighted by Crippen LogP contribution is 2.56. The van der Waals surface area contributed by atoms with Gasteiger partial charge >= 0.3 is 0 Å². The van der Waals surface area contributed by atoms with Crippen LogP contribution in [0.3, 0.4) is 0 Å². The van der Waals surface area contributed by atoms with E-state index >= 15 is 0 Å². The fraction of sp³-hybridized carbons (Fsp3) is 0.875. The minimum Gasteiger partial charge on any atom is -0.373 e. The first-order chi connectivity index (χ1) is 9.32. The van der Waals surface area contributed by atoms with Gasteiger partial charge in [-0.1, -0.05) is 13.8 Å². The summed E-state index contributed by atoms with van der Waals surface area (Å²) in [6.45, 7) is 8.06. The van der Waals surface area contributed by atoms with E-state index in [1.807, 2.05) is 0 Å². The first-order valence-corrected chi connectivity index (χ1v) is 7.74. The molecule has 1 aliphatic heterocycles. The second kappa shape index (κ2) is 5.47. The van der Waals surface area contributed by atoms with E-state index in [4.69, 9.17) is 0 Å². The van der Waals surface area contributed by atoms with Crippen LogP contribution in [0.1, 0.15) is 53.4 Å². The largest absolute Gasteiger partial charge is 0.373 e. The third kappa shape index (κ3) is 2.28. The molecule has 1 saturated heterocycles. The van der Waals surface area contributed by atoms with Crippen molar-refractivity contribution in [2.45, 2.75) is 65.1 Å². The highest BCUT2D eigenvalue weighted by atomic mass is 16.3. The molecule has 1 N–H and O–H groups in total. The Morgan fingerprint density at radius 2 is 2.15 bits per heavy atom. The molecule has 0 aromatic carbocycles. The zero-order valence-electron chi connectivity index (χ0n) is 13.0. The Morgan fingerprint density at radius 3 is 2.65 bits per heavy atom. The van der Waals surface area contributed by atoms with Crippen LogP contribution in [-0.4, -0.2) is 34.0 Å². The summed E-state index contributed by atoms with van der Waals surface area (Å²) in [4.78, 5) is 24.4. The molecular weight excluding hydrogens is 254 g/mol. The lowest BCUT2D eigenvalue weighted by molar-refractivity contribution is -0.132. The van der Waals surface area contributed by atoms with Gasteiger partial charge in [-0.25, -0.2) is 0 Å². The standard InChI is InChI=1S/C16H27NO3/c1-10(2)12-7-8-16(4)13(6-5-11(3)19)14(12)15(20)17(16)9-18/h9-10,12-15,20H,5-8H2,1-4H3/t12-,13+,14+,15-,16-/m1/s1. The number of amides is 1. The molecular formula is C16H27NO3. The van der Waals surface area contributed by atoms with Crippen LogP contribution in [0, 0.1) is 23.7 Å². The minimum absolute atomic E-state index is 0.110. The van der Waals surface area contributed by atoms with E-state index < -0.39 is 6.23 Å². The van der Waals surface area contributed by atoms with E-state index in [1.54, 1.807) is 11.8 Å². The Kier molecular flexibility index (Phi) is 4.24. The summed E-state index contributed by atoms with van der Waals surface area (Å²) in [6, 6.07) is 0. The normalized spacial score (nSPS) is 40.2. The lowest BCUT2D eigenvalue weighted by atomic mass is 9.62. The van der Waals surface area contributed by atoms with Gasteiger partial charge in [-0.05, 0) is 50.9 Å². The van der Waals surface area contributed by atoms with Gasteiger partial charge in [0.2, 0.25) is 6.41 Å². The van der Waals surface area contributed by atoms with Gasteiger partial charge in [0.1, 0.15) is 12.0 Å². The molecule has 1 amide bonds. The highest BCUT2D eigenvalue weighted by molar-refractivity contribution is 5.75. The summed E-state index contributed by atoms with van der Waals surface area (Å²) < 4.78 is 0. The molecule has 114 valence electrons. The van der Waals surface area contributed by atoms with Crippen molar-refractivity contribution in [1.29, 1.82) is 0 Å². The van der Waals surface area contributed by atoms with Gasteiger partial charge in [-0.2, -0.15) is 0 Å². The lowest BCUT2D eigenvalue weighted by Gasteiger charge is -2.44. The van der Waals surface area contributed by atoms with E-state index in [0.29, 0.717) is 18.3 Å². The third-order valence-electron chi connectivity index (χ3n) is 5.74. The average Bonchev–Trinajstić information content (AvgIpc) is 2.48. The Hall–Kier alpha value is -0.900. The number of aliphatic hydroxyl groups excluding tert-OH is 1. The second-order valence-corrected chi connectivity index (χ2v) is 7.15. The molecule has 0 aromatic heterocycles. The average molecular weight is 281 g/mol. The monoisotopic (exact) mass is 281 g/mol. The van der Waals surface area contributed by atoms with Crippen LogP contribution >= 0.6 is 0 Å². The number of carbonyl (C=O) groups is 2. The number of Topliss-reactive ketones (excluding diaryl/α,β-unsaturated/α-hetero) is 1. The number of ketones is 1. The summed E-state index contributed by atoms with van der Waals surface area (Å²) in [5.74, 6) is 1.45. The Bertz CT molecular complexity index is 395. The molecule has 2 aliphatic rings. The molecule has 0 radical (unpaired) electrons. The van der Waals surface area contributed by atoms with Crippen molar-refractivity contribution in [3.8, 4) is 0 Å². The molecule has 2 fully saturated rings. The molecule has 5 atom stereocenters. The molecule has 0 aromatic rings. The summed E-state index contributed by atoms with van der Waals surface area (Å²) in [5.41, 5.74) is -0.285. The van der Waals surface area contributed by atoms with E-state index in [1.165, 1.54) is 0 Å².